The quantitative estimate of drug-likeness (QED) is 0.176. The van der Waals surface area contributed by atoms with Gasteiger partial charge in [-0.3, -0.25) is 4.55 Å². The van der Waals surface area contributed by atoms with Crippen LogP contribution < -0.4 is 0 Å². The van der Waals surface area contributed by atoms with Gasteiger partial charge in [0, 0.05) is 5.56 Å². The van der Waals surface area contributed by atoms with Gasteiger partial charge in [-0.05, 0) is 30.0 Å². The third-order valence-corrected chi connectivity index (χ3v) is 7.01. The SMILES string of the molecule is CCCCCCCCCCCCCCc1ccc2nc(S(=O)(=O)O)[nH]c2c1-c1ccccc1. The monoisotopic (exact) mass is 470 g/mol. The fourth-order valence-corrected chi connectivity index (χ4v) is 4.97. The number of nitrogens with one attached hydrogen (secondary N) is 1. The van der Waals surface area contributed by atoms with Crippen molar-refractivity contribution in [3.63, 3.8) is 0 Å². The van der Waals surface area contributed by atoms with Crippen molar-refractivity contribution in [1.82, 2.24) is 9.97 Å². The van der Waals surface area contributed by atoms with Crippen LogP contribution in [0.15, 0.2) is 47.6 Å². The molecule has 3 aromatic rings. The van der Waals surface area contributed by atoms with E-state index in [2.05, 4.69) is 16.9 Å². The largest absolute Gasteiger partial charge is 0.328 e. The highest BCUT2D eigenvalue weighted by atomic mass is 32.2. The van der Waals surface area contributed by atoms with E-state index in [1.165, 1.54) is 76.2 Å². The Morgan fingerprint density at radius 2 is 1.36 bits per heavy atom. The lowest BCUT2D eigenvalue weighted by molar-refractivity contribution is 0.476. The van der Waals surface area contributed by atoms with Crippen molar-refractivity contribution in [1.29, 1.82) is 0 Å². The van der Waals surface area contributed by atoms with E-state index in [1.807, 2.05) is 42.5 Å². The van der Waals surface area contributed by atoms with Crippen molar-refractivity contribution in [2.45, 2.75) is 95.6 Å². The van der Waals surface area contributed by atoms with E-state index in [0.717, 1.165) is 24.0 Å². The summed E-state index contributed by atoms with van der Waals surface area (Å²) in [5, 5.41) is -0.405. The molecule has 1 aromatic heterocycles. The maximum Gasteiger partial charge on any atom is 0.328 e. The Morgan fingerprint density at radius 1 is 0.788 bits per heavy atom. The number of hydrogen-bond donors (Lipinski definition) is 2. The van der Waals surface area contributed by atoms with E-state index in [-0.39, 0.29) is 0 Å². The van der Waals surface area contributed by atoms with E-state index in [4.69, 9.17) is 0 Å². The van der Waals surface area contributed by atoms with E-state index < -0.39 is 15.3 Å². The summed E-state index contributed by atoms with van der Waals surface area (Å²) < 4.78 is 32.6. The smallest absolute Gasteiger partial charge is 0.326 e. The normalized spacial score (nSPS) is 11.9. The summed E-state index contributed by atoms with van der Waals surface area (Å²) in [5.41, 5.74) is 4.36. The molecule has 6 heteroatoms. The minimum atomic E-state index is -4.38. The first kappa shape index (κ1) is 25.4. The Labute approximate surface area is 198 Å². The summed E-state index contributed by atoms with van der Waals surface area (Å²) in [4.78, 5) is 6.92. The molecule has 0 aliphatic carbocycles. The average molecular weight is 471 g/mol. The molecule has 0 saturated heterocycles. The molecule has 33 heavy (non-hydrogen) atoms. The Kier molecular flexibility index (Phi) is 9.95. The summed E-state index contributed by atoms with van der Waals surface area (Å²) in [5.74, 6) is 0. The van der Waals surface area contributed by atoms with Gasteiger partial charge in [0.25, 0.3) is 5.16 Å². The maximum absolute atomic E-state index is 11.6. The zero-order valence-corrected chi connectivity index (χ0v) is 20.7. The molecule has 0 unspecified atom stereocenters. The molecule has 180 valence electrons. The number of unbranched alkanes of at least 4 members (excludes halogenated alkanes) is 11. The Bertz CT molecular complexity index is 1090. The van der Waals surface area contributed by atoms with Gasteiger partial charge in [0.15, 0.2) is 0 Å². The molecule has 1 heterocycles. The van der Waals surface area contributed by atoms with Crippen molar-refractivity contribution in [2.24, 2.45) is 0 Å². The molecule has 0 aliphatic rings. The number of aryl methyl sites for hydroxylation is 1. The maximum atomic E-state index is 11.6. The molecule has 0 spiro atoms. The van der Waals surface area contributed by atoms with Gasteiger partial charge in [0.1, 0.15) is 0 Å². The Morgan fingerprint density at radius 3 is 1.94 bits per heavy atom. The average Bonchev–Trinajstić information content (AvgIpc) is 3.25. The number of fused-ring (bicyclic) bond motifs is 1. The van der Waals surface area contributed by atoms with Crippen molar-refractivity contribution in [2.75, 3.05) is 0 Å². The van der Waals surface area contributed by atoms with Crippen LogP contribution in [0.1, 0.15) is 89.5 Å². The molecule has 0 amide bonds. The van der Waals surface area contributed by atoms with Crippen LogP contribution in [-0.4, -0.2) is 22.9 Å². The third kappa shape index (κ3) is 7.68. The summed E-state index contributed by atoms with van der Waals surface area (Å²) in [6.45, 7) is 2.26. The van der Waals surface area contributed by atoms with Gasteiger partial charge in [0.05, 0.1) is 11.0 Å². The van der Waals surface area contributed by atoms with Crippen molar-refractivity contribution >= 4 is 21.2 Å². The highest BCUT2D eigenvalue weighted by Crippen LogP contribution is 2.32. The van der Waals surface area contributed by atoms with Crippen LogP contribution in [0, 0.1) is 0 Å². The van der Waals surface area contributed by atoms with E-state index in [0.29, 0.717) is 11.0 Å². The zero-order valence-electron chi connectivity index (χ0n) is 19.9. The molecule has 0 saturated carbocycles. The fraction of sp³-hybridized carbons (Fsp3) is 0.519. The summed E-state index contributed by atoms with van der Waals surface area (Å²) >= 11 is 0. The number of nitrogens with zero attached hydrogens (tertiary/aromatic N) is 1. The first-order chi connectivity index (χ1) is 16.0. The third-order valence-electron chi connectivity index (χ3n) is 6.33. The lowest BCUT2D eigenvalue weighted by atomic mass is 9.94. The lowest BCUT2D eigenvalue weighted by Crippen LogP contribution is -1.99. The number of benzene rings is 2. The predicted molar refractivity (Wildman–Crippen MR) is 136 cm³/mol. The van der Waals surface area contributed by atoms with E-state index >= 15 is 0 Å². The van der Waals surface area contributed by atoms with Crippen LogP contribution in [0.5, 0.6) is 0 Å². The van der Waals surface area contributed by atoms with Gasteiger partial charge in [-0.25, -0.2) is 4.98 Å². The standard InChI is InChI=1S/C27H38N2O3S/c1-2-3-4-5-6-7-8-9-10-11-12-14-19-23-20-21-24-26(29-27(28-24)33(30,31)32)25(23)22-17-15-13-16-18-22/h13,15-18,20-21H,2-12,14,19H2,1H3,(H,28,29)(H,30,31,32). The van der Waals surface area contributed by atoms with Gasteiger partial charge in [-0.1, -0.05) is 114 Å². The molecule has 0 aliphatic heterocycles. The highest BCUT2D eigenvalue weighted by molar-refractivity contribution is 7.85. The molecule has 0 bridgehead atoms. The number of rotatable bonds is 15. The van der Waals surface area contributed by atoms with Crippen LogP contribution >= 0.6 is 0 Å². The van der Waals surface area contributed by atoms with Crippen LogP contribution in [0.2, 0.25) is 0 Å². The van der Waals surface area contributed by atoms with Gasteiger partial charge in [0.2, 0.25) is 0 Å². The molecule has 2 N–H and O–H groups in total. The molecular weight excluding hydrogens is 432 g/mol. The van der Waals surface area contributed by atoms with E-state index in [1.54, 1.807) is 0 Å². The summed E-state index contributed by atoms with van der Waals surface area (Å²) in [6, 6.07) is 13.8. The topological polar surface area (TPSA) is 83.1 Å². The lowest BCUT2D eigenvalue weighted by Gasteiger charge is -2.11. The van der Waals surface area contributed by atoms with Gasteiger partial charge < -0.3 is 4.98 Å². The molecule has 0 radical (unpaired) electrons. The number of imidazole rings is 1. The van der Waals surface area contributed by atoms with E-state index in [9.17, 15) is 13.0 Å². The molecule has 5 nitrogen and oxygen atoms in total. The first-order valence-electron chi connectivity index (χ1n) is 12.5. The van der Waals surface area contributed by atoms with Crippen LogP contribution in [0.3, 0.4) is 0 Å². The number of H-pyrrole nitrogens is 1. The molecule has 0 fully saturated rings. The fourth-order valence-electron chi connectivity index (χ4n) is 4.52. The second-order valence-electron chi connectivity index (χ2n) is 9.02. The van der Waals surface area contributed by atoms with Crippen LogP contribution in [0.25, 0.3) is 22.2 Å². The minimum absolute atomic E-state index is 0.405. The second-order valence-corrected chi connectivity index (χ2v) is 10.4. The van der Waals surface area contributed by atoms with Crippen molar-refractivity contribution in [3.05, 3.63) is 48.0 Å². The zero-order chi connectivity index (χ0) is 23.5. The molecule has 3 rings (SSSR count). The van der Waals surface area contributed by atoms with Gasteiger partial charge in [-0.2, -0.15) is 8.42 Å². The van der Waals surface area contributed by atoms with Gasteiger partial charge in [-0.15, -0.1) is 0 Å². The number of aromatic amines is 1. The molecular formula is C27H38N2O3S. The Hall–Kier alpha value is -2.18. The summed E-state index contributed by atoms with van der Waals surface area (Å²) in [7, 11) is -4.38. The van der Waals surface area contributed by atoms with Crippen LogP contribution in [-0.2, 0) is 16.5 Å². The predicted octanol–water partition coefficient (Wildman–Crippen LogP) is 7.72. The Balaban J connectivity index is 1.55. The summed E-state index contributed by atoms with van der Waals surface area (Å²) in [6.07, 6.45) is 16.7. The molecule has 0 atom stereocenters. The highest BCUT2D eigenvalue weighted by Gasteiger charge is 2.19. The second kappa shape index (κ2) is 12.9. The number of hydrogen-bond acceptors (Lipinski definition) is 3. The van der Waals surface area contributed by atoms with Gasteiger partial charge >= 0.3 is 10.1 Å². The molecule has 2 aromatic carbocycles. The minimum Gasteiger partial charge on any atom is -0.326 e. The first-order valence-corrected chi connectivity index (χ1v) is 14.0. The van der Waals surface area contributed by atoms with Crippen molar-refractivity contribution in [3.8, 4) is 11.1 Å². The van der Waals surface area contributed by atoms with Crippen LogP contribution in [0.4, 0.5) is 0 Å². The number of aromatic nitrogens is 2. The van der Waals surface area contributed by atoms with Crippen molar-refractivity contribution < 1.29 is 13.0 Å².